The molecule has 132 valence electrons. The molecule has 2 aromatic heterocycles. The Bertz CT molecular complexity index is 1080. The maximum Gasteiger partial charge on any atom is 0.336 e. The van der Waals surface area contributed by atoms with Crippen LogP contribution in [-0.4, -0.2) is 16.8 Å². The van der Waals surface area contributed by atoms with Gasteiger partial charge in [0.05, 0.1) is 12.8 Å². The third kappa shape index (κ3) is 2.40. The Morgan fingerprint density at radius 3 is 2.69 bits per heavy atom. The van der Waals surface area contributed by atoms with Gasteiger partial charge in [-0.25, -0.2) is 9.59 Å². The molecule has 3 amide bonds. The molecule has 0 aliphatic carbocycles. The van der Waals surface area contributed by atoms with E-state index in [0.29, 0.717) is 22.3 Å². The zero-order chi connectivity index (χ0) is 18.5. The van der Waals surface area contributed by atoms with Crippen molar-refractivity contribution in [3.05, 3.63) is 70.0 Å². The van der Waals surface area contributed by atoms with Crippen LogP contribution < -0.4 is 10.9 Å². The maximum absolute atomic E-state index is 12.9. The fourth-order valence-corrected chi connectivity index (χ4v) is 3.21. The topological polar surface area (TPSA) is 92.8 Å². The normalized spacial score (nSPS) is 20.0. The number of hydrogen-bond acceptors (Lipinski definition) is 5. The summed E-state index contributed by atoms with van der Waals surface area (Å²) in [4.78, 5) is 38.3. The average molecular weight is 352 g/mol. The molecule has 0 saturated carbocycles. The molecule has 3 aromatic rings. The second kappa shape index (κ2) is 5.59. The van der Waals surface area contributed by atoms with Crippen LogP contribution in [0.25, 0.3) is 11.0 Å². The minimum absolute atomic E-state index is 0.0356. The van der Waals surface area contributed by atoms with Crippen LogP contribution in [0, 0.1) is 6.92 Å². The average Bonchev–Trinajstić information content (AvgIpc) is 3.19. The molecule has 4 rings (SSSR count). The number of nitrogens with one attached hydrogen (secondary N) is 1. The van der Waals surface area contributed by atoms with E-state index in [1.807, 2.05) is 19.1 Å². The van der Waals surface area contributed by atoms with Crippen molar-refractivity contribution in [1.82, 2.24) is 10.2 Å². The number of carbonyl (C=O) groups is 2. The lowest BCUT2D eigenvalue weighted by molar-refractivity contribution is -0.132. The van der Waals surface area contributed by atoms with E-state index in [4.69, 9.17) is 8.83 Å². The van der Waals surface area contributed by atoms with Crippen molar-refractivity contribution in [3.8, 4) is 0 Å². The molecule has 1 aromatic carbocycles. The number of hydrogen-bond donors (Lipinski definition) is 1. The Labute approximate surface area is 148 Å². The van der Waals surface area contributed by atoms with E-state index in [-0.39, 0.29) is 6.54 Å². The summed E-state index contributed by atoms with van der Waals surface area (Å²) in [5, 5.41) is 3.35. The van der Waals surface area contributed by atoms with Crippen molar-refractivity contribution >= 4 is 22.9 Å². The molecule has 0 radical (unpaired) electrons. The van der Waals surface area contributed by atoms with Crippen LogP contribution in [0.5, 0.6) is 0 Å². The highest BCUT2D eigenvalue weighted by atomic mass is 16.4. The van der Waals surface area contributed by atoms with Crippen LogP contribution >= 0.6 is 0 Å². The van der Waals surface area contributed by atoms with Crippen molar-refractivity contribution in [3.63, 3.8) is 0 Å². The molecule has 7 heteroatoms. The highest BCUT2D eigenvalue weighted by molar-refractivity contribution is 6.07. The monoisotopic (exact) mass is 352 g/mol. The first-order chi connectivity index (χ1) is 12.4. The second-order valence-corrected chi connectivity index (χ2v) is 6.51. The number of amides is 3. The smallest absolute Gasteiger partial charge is 0.336 e. The summed E-state index contributed by atoms with van der Waals surface area (Å²) in [5.41, 5.74) is 0.112. The number of nitrogens with zero attached hydrogens (tertiary/aromatic N) is 1. The van der Waals surface area contributed by atoms with E-state index in [1.54, 1.807) is 25.1 Å². The number of furan rings is 1. The van der Waals surface area contributed by atoms with Gasteiger partial charge >= 0.3 is 11.7 Å². The number of carbonyl (C=O) groups excluding carboxylic acids is 2. The Morgan fingerprint density at radius 1 is 1.15 bits per heavy atom. The molecule has 1 fully saturated rings. The maximum atomic E-state index is 12.9. The predicted molar refractivity (Wildman–Crippen MR) is 92.4 cm³/mol. The van der Waals surface area contributed by atoms with Gasteiger partial charge in [0.25, 0.3) is 5.91 Å². The van der Waals surface area contributed by atoms with Gasteiger partial charge in [-0.3, -0.25) is 9.69 Å². The van der Waals surface area contributed by atoms with Crippen LogP contribution in [-0.2, 0) is 16.9 Å². The van der Waals surface area contributed by atoms with E-state index >= 15 is 0 Å². The molecule has 1 N–H and O–H groups in total. The second-order valence-electron chi connectivity index (χ2n) is 6.51. The van der Waals surface area contributed by atoms with Crippen LogP contribution in [0.15, 0.2) is 56.3 Å². The number of rotatable bonds is 3. The molecule has 7 nitrogen and oxygen atoms in total. The number of urea groups is 1. The summed E-state index contributed by atoms with van der Waals surface area (Å²) < 4.78 is 10.5. The van der Waals surface area contributed by atoms with Crippen LogP contribution in [0.1, 0.15) is 23.8 Å². The molecule has 26 heavy (non-hydrogen) atoms. The summed E-state index contributed by atoms with van der Waals surface area (Å²) >= 11 is 0. The summed E-state index contributed by atoms with van der Waals surface area (Å²) in [6, 6.07) is 9.50. The lowest BCUT2D eigenvalue weighted by Gasteiger charge is -2.19. The van der Waals surface area contributed by atoms with Gasteiger partial charge in [0.15, 0.2) is 5.54 Å². The standard InChI is InChI=1S/C19H16N2O5/c1-11-5-6-13-12(9-16(22)26-14(13)8-11)10-21-17(23)19(2,20-18(21)24)15-4-3-7-25-15/h3-9H,10H2,1-2H3,(H,20,24)/t19-/m1/s1. The lowest BCUT2D eigenvalue weighted by atomic mass is 9.99. The fraction of sp³-hybridized carbons (Fsp3) is 0.211. The fourth-order valence-electron chi connectivity index (χ4n) is 3.21. The van der Waals surface area contributed by atoms with Gasteiger partial charge in [0.2, 0.25) is 0 Å². The van der Waals surface area contributed by atoms with E-state index in [0.717, 1.165) is 10.5 Å². The highest BCUT2D eigenvalue weighted by Gasteiger charge is 2.50. The van der Waals surface area contributed by atoms with Gasteiger partial charge in [-0.05, 0) is 43.2 Å². The van der Waals surface area contributed by atoms with Gasteiger partial charge in [-0.15, -0.1) is 0 Å². The van der Waals surface area contributed by atoms with Crippen LogP contribution in [0.4, 0.5) is 4.79 Å². The zero-order valence-corrected chi connectivity index (χ0v) is 14.2. The van der Waals surface area contributed by atoms with E-state index in [2.05, 4.69) is 5.32 Å². The summed E-state index contributed by atoms with van der Waals surface area (Å²) in [6.07, 6.45) is 1.45. The van der Waals surface area contributed by atoms with Crippen molar-refractivity contribution < 1.29 is 18.4 Å². The molecule has 1 saturated heterocycles. The molecule has 1 aliphatic rings. The zero-order valence-electron chi connectivity index (χ0n) is 14.2. The Balaban J connectivity index is 1.74. The van der Waals surface area contributed by atoms with Crippen LogP contribution in [0.3, 0.4) is 0 Å². The highest BCUT2D eigenvalue weighted by Crippen LogP contribution is 2.31. The largest absolute Gasteiger partial charge is 0.466 e. The SMILES string of the molecule is Cc1ccc2c(CN3C(=O)N[C@](C)(c4ccco4)C3=O)cc(=O)oc2c1. The van der Waals surface area contributed by atoms with Crippen molar-refractivity contribution in [2.45, 2.75) is 25.9 Å². The predicted octanol–water partition coefficient (Wildman–Crippen LogP) is 2.66. The molecule has 0 unspecified atom stereocenters. The minimum atomic E-state index is -1.27. The van der Waals surface area contributed by atoms with Gasteiger partial charge in [0.1, 0.15) is 11.3 Å². The molecule has 1 atom stereocenters. The van der Waals surface area contributed by atoms with E-state index < -0.39 is 23.1 Å². The first-order valence-electron chi connectivity index (χ1n) is 8.10. The molecular formula is C19H16N2O5. The third-order valence-electron chi connectivity index (χ3n) is 4.60. The number of fused-ring (bicyclic) bond motifs is 1. The van der Waals surface area contributed by atoms with E-state index in [9.17, 15) is 14.4 Å². The number of imide groups is 1. The Hall–Kier alpha value is -3.35. The summed E-state index contributed by atoms with van der Waals surface area (Å²) in [7, 11) is 0. The van der Waals surface area contributed by atoms with Gasteiger partial charge in [0, 0.05) is 11.5 Å². The third-order valence-corrected chi connectivity index (χ3v) is 4.60. The van der Waals surface area contributed by atoms with Gasteiger partial charge < -0.3 is 14.2 Å². The first kappa shape index (κ1) is 16.1. The Kier molecular flexibility index (Phi) is 3.47. The first-order valence-corrected chi connectivity index (χ1v) is 8.10. The molecule has 1 aliphatic heterocycles. The molecular weight excluding hydrogens is 336 g/mol. The van der Waals surface area contributed by atoms with E-state index in [1.165, 1.54) is 12.3 Å². The lowest BCUT2D eigenvalue weighted by Crippen LogP contribution is -2.40. The van der Waals surface area contributed by atoms with Crippen molar-refractivity contribution in [1.29, 1.82) is 0 Å². The molecule has 0 bridgehead atoms. The molecule has 0 spiro atoms. The van der Waals surface area contributed by atoms with Crippen LogP contribution in [0.2, 0.25) is 0 Å². The van der Waals surface area contributed by atoms with Gasteiger partial charge in [-0.2, -0.15) is 0 Å². The summed E-state index contributed by atoms with van der Waals surface area (Å²) in [5.74, 6) is -0.0858. The Morgan fingerprint density at radius 2 is 1.96 bits per heavy atom. The quantitative estimate of drug-likeness (QED) is 0.578. The summed E-state index contributed by atoms with van der Waals surface area (Å²) in [6.45, 7) is 3.44. The molecule has 3 heterocycles. The minimum Gasteiger partial charge on any atom is -0.466 e. The van der Waals surface area contributed by atoms with Gasteiger partial charge in [-0.1, -0.05) is 12.1 Å². The van der Waals surface area contributed by atoms with Crippen molar-refractivity contribution in [2.75, 3.05) is 0 Å². The number of benzene rings is 1. The van der Waals surface area contributed by atoms with Crippen molar-refractivity contribution in [2.24, 2.45) is 0 Å². The number of aryl methyl sites for hydroxylation is 1.